The first-order chi connectivity index (χ1) is 19.8. The average Bonchev–Trinajstić information content (AvgIpc) is 3.38. The van der Waals surface area contributed by atoms with Crippen molar-refractivity contribution >= 4 is 21.7 Å². The van der Waals surface area contributed by atoms with E-state index in [1.807, 2.05) is 11.3 Å². The standard InChI is InChI=1S/C37H60N2S/c1-31-23-17-13-9-8-12-16-20-27-33(28-22-21-24-31)37-39-36-35(40-37)29-34(30-38-36)32-25-18-14-10-6-4-2-3-5-7-11-15-19-26-32/h23,29-30,32-33H,2-22,24-28H2,1H3/b31-23-. The Morgan fingerprint density at radius 1 is 0.600 bits per heavy atom. The van der Waals surface area contributed by atoms with Crippen LogP contribution in [0.15, 0.2) is 23.9 Å². The Kier molecular flexibility index (Phi) is 15.1. The van der Waals surface area contributed by atoms with Crippen molar-refractivity contribution in [3.63, 3.8) is 0 Å². The van der Waals surface area contributed by atoms with Gasteiger partial charge in [-0.1, -0.05) is 127 Å². The Bertz CT molecular complexity index is 960. The molecule has 2 aromatic rings. The second-order valence-corrected chi connectivity index (χ2v) is 14.4. The molecule has 224 valence electrons. The Hall–Kier alpha value is -1.22. The predicted molar refractivity (Wildman–Crippen MR) is 177 cm³/mol. The number of aromatic nitrogens is 2. The highest BCUT2D eigenvalue weighted by Gasteiger charge is 2.19. The molecule has 0 bridgehead atoms. The second kappa shape index (κ2) is 19.1. The van der Waals surface area contributed by atoms with Gasteiger partial charge in [0, 0.05) is 12.1 Å². The van der Waals surface area contributed by atoms with E-state index in [1.165, 1.54) is 182 Å². The zero-order valence-electron chi connectivity index (χ0n) is 26.1. The van der Waals surface area contributed by atoms with Crippen LogP contribution in [0.5, 0.6) is 0 Å². The van der Waals surface area contributed by atoms with Gasteiger partial charge in [-0.25, -0.2) is 9.97 Å². The molecule has 0 amide bonds. The van der Waals surface area contributed by atoms with E-state index in [0.717, 1.165) is 5.65 Å². The zero-order chi connectivity index (χ0) is 27.7. The molecule has 0 aromatic carbocycles. The van der Waals surface area contributed by atoms with E-state index in [2.05, 4.69) is 25.3 Å². The number of thiazole rings is 1. The summed E-state index contributed by atoms with van der Waals surface area (Å²) >= 11 is 1.98. The maximum atomic E-state index is 5.16. The normalized spacial score (nSPS) is 25.1. The van der Waals surface area contributed by atoms with Crippen LogP contribution < -0.4 is 0 Å². The van der Waals surface area contributed by atoms with Gasteiger partial charge in [0.15, 0.2) is 5.65 Å². The summed E-state index contributed by atoms with van der Waals surface area (Å²) in [5.41, 5.74) is 4.11. The van der Waals surface area contributed by atoms with E-state index in [0.29, 0.717) is 11.8 Å². The number of nitrogens with zero attached hydrogens (tertiary/aromatic N) is 2. The molecule has 0 spiro atoms. The van der Waals surface area contributed by atoms with Crippen molar-refractivity contribution < 1.29 is 0 Å². The van der Waals surface area contributed by atoms with Crippen LogP contribution in [0.3, 0.4) is 0 Å². The smallest absolute Gasteiger partial charge is 0.170 e. The molecule has 2 aromatic heterocycles. The van der Waals surface area contributed by atoms with Crippen molar-refractivity contribution in [1.29, 1.82) is 0 Å². The fourth-order valence-corrected chi connectivity index (χ4v) is 8.30. The van der Waals surface area contributed by atoms with Crippen LogP contribution in [0.2, 0.25) is 0 Å². The summed E-state index contributed by atoms with van der Waals surface area (Å²) in [7, 11) is 0. The van der Waals surface area contributed by atoms with Crippen LogP contribution in [0.1, 0.15) is 196 Å². The lowest BCUT2D eigenvalue weighted by molar-refractivity contribution is 0.492. The minimum absolute atomic E-state index is 0.621. The van der Waals surface area contributed by atoms with E-state index >= 15 is 0 Å². The number of fused-ring (bicyclic) bond motifs is 1. The molecule has 1 fully saturated rings. The van der Waals surface area contributed by atoms with Gasteiger partial charge >= 0.3 is 0 Å². The quantitative estimate of drug-likeness (QED) is 0.339. The number of allylic oxidation sites excluding steroid dienone is 2. The number of rotatable bonds is 2. The average molecular weight is 565 g/mol. The Morgan fingerprint density at radius 3 is 1.70 bits per heavy atom. The van der Waals surface area contributed by atoms with E-state index in [9.17, 15) is 0 Å². The first-order valence-electron chi connectivity index (χ1n) is 17.7. The third-order valence-corrected chi connectivity index (χ3v) is 11.0. The van der Waals surface area contributed by atoms with Crippen LogP contribution >= 0.6 is 11.3 Å². The molecule has 40 heavy (non-hydrogen) atoms. The molecule has 4 rings (SSSR count). The highest BCUT2D eigenvalue weighted by atomic mass is 32.1. The highest BCUT2D eigenvalue weighted by molar-refractivity contribution is 7.18. The summed E-state index contributed by atoms with van der Waals surface area (Å²) < 4.78 is 1.35. The van der Waals surface area contributed by atoms with Gasteiger partial charge in [0.25, 0.3) is 0 Å². The van der Waals surface area contributed by atoms with Gasteiger partial charge < -0.3 is 0 Å². The third kappa shape index (κ3) is 11.6. The van der Waals surface area contributed by atoms with Gasteiger partial charge in [0.2, 0.25) is 0 Å². The van der Waals surface area contributed by atoms with Crippen LogP contribution in [-0.4, -0.2) is 9.97 Å². The van der Waals surface area contributed by atoms with E-state index in [4.69, 9.17) is 9.97 Å². The van der Waals surface area contributed by atoms with Crippen molar-refractivity contribution in [2.24, 2.45) is 0 Å². The number of hydrogen-bond acceptors (Lipinski definition) is 3. The van der Waals surface area contributed by atoms with Crippen LogP contribution in [0, 0.1) is 0 Å². The summed E-state index contributed by atoms with van der Waals surface area (Å²) in [6.45, 7) is 2.35. The van der Waals surface area contributed by atoms with Gasteiger partial charge in [-0.3, -0.25) is 0 Å². The zero-order valence-corrected chi connectivity index (χ0v) is 26.9. The van der Waals surface area contributed by atoms with Crippen LogP contribution in [-0.2, 0) is 0 Å². The fraction of sp³-hybridized carbons (Fsp3) is 0.784. The minimum Gasteiger partial charge on any atom is -0.236 e. The summed E-state index contributed by atoms with van der Waals surface area (Å²) in [5, 5.41) is 1.37. The van der Waals surface area contributed by atoms with Gasteiger partial charge in [-0.2, -0.15) is 0 Å². The molecule has 0 aliphatic heterocycles. The summed E-state index contributed by atoms with van der Waals surface area (Å²) in [6.07, 6.45) is 40.7. The summed E-state index contributed by atoms with van der Waals surface area (Å²) in [5.74, 6) is 1.30. The van der Waals surface area contributed by atoms with Gasteiger partial charge in [-0.05, 0) is 75.8 Å². The third-order valence-electron chi connectivity index (χ3n) is 9.83. The maximum Gasteiger partial charge on any atom is 0.170 e. The Morgan fingerprint density at radius 2 is 1.10 bits per heavy atom. The molecule has 2 nitrogen and oxygen atoms in total. The van der Waals surface area contributed by atoms with Gasteiger partial charge in [0.1, 0.15) is 0 Å². The van der Waals surface area contributed by atoms with Crippen molar-refractivity contribution in [2.45, 2.75) is 186 Å². The van der Waals surface area contributed by atoms with E-state index < -0.39 is 0 Å². The molecular weight excluding hydrogens is 504 g/mol. The van der Waals surface area contributed by atoms with E-state index in [-0.39, 0.29) is 0 Å². The minimum atomic E-state index is 0.621. The van der Waals surface area contributed by atoms with Crippen molar-refractivity contribution in [3.05, 3.63) is 34.5 Å². The van der Waals surface area contributed by atoms with Crippen LogP contribution in [0.4, 0.5) is 0 Å². The predicted octanol–water partition coefficient (Wildman–Crippen LogP) is 13.0. The lowest BCUT2D eigenvalue weighted by Gasteiger charge is -2.17. The monoisotopic (exact) mass is 564 g/mol. The molecule has 2 aliphatic carbocycles. The molecule has 1 saturated carbocycles. The highest BCUT2D eigenvalue weighted by Crippen LogP contribution is 2.36. The SMILES string of the molecule is C/C1=C/CCCCCCCCC(c2nc3ncc(C4CCCCCCCCCCCCCC4)cc3s2)CCCC1. The molecule has 2 heterocycles. The fourth-order valence-electron chi connectivity index (χ4n) is 7.15. The molecular formula is C37H60N2S. The largest absolute Gasteiger partial charge is 0.236 e. The van der Waals surface area contributed by atoms with Gasteiger partial charge in [-0.15, -0.1) is 11.3 Å². The number of pyridine rings is 1. The second-order valence-electron chi connectivity index (χ2n) is 13.4. The molecule has 0 saturated heterocycles. The lowest BCUT2D eigenvalue weighted by atomic mass is 9.89. The number of hydrogen-bond donors (Lipinski definition) is 0. The lowest BCUT2D eigenvalue weighted by Crippen LogP contribution is -2.01. The first kappa shape index (κ1) is 31.7. The Balaban J connectivity index is 1.41. The summed E-state index contributed by atoms with van der Waals surface area (Å²) in [6, 6.07) is 2.50. The van der Waals surface area contributed by atoms with E-state index in [1.54, 1.807) is 5.57 Å². The molecule has 3 heteroatoms. The van der Waals surface area contributed by atoms with Crippen molar-refractivity contribution in [3.8, 4) is 0 Å². The summed E-state index contributed by atoms with van der Waals surface area (Å²) in [4.78, 5) is 10.1. The van der Waals surface area contributed by atoms with Crippen molar-refractivity contribution in [2.75, 3.05) is 0 Å². The molecule has 1 atom stereocenters. The molecule has 0 N–H and O–H groups in total. The first-order valence-corrected chi connectivity index (χ1v) is 18.5. The molecule has 1 unspecified atom stereocenters. The van der Waals surface area contributed by atoms with Gasteiger partial charge in [0.05, 0.1) is 9.71 Å². The van der Waals surface area contributed by atoms with Crippen molar-refractivity contribution in [1.82, 2.24) is 9.97 Å². The maximum absolute atomic E-state index is 5.16. The Labute approximate surface area is 251 Å². The topological polar surface area (TPSA) is 25.8 Å². The molecule has 0 radical (unpaired) electrons. The molecule has 2 aliphatic rings. The van der Waals surface area contributed by atoms with Crippen LogP contribution in [0.25, 0.3) is 10.3 Å².